The standard InChI is InChI=1S/C23H24N2O5/c1-27-20-11-9-17-6-4-5-7-18(17)19(20)14-25-30-15-23(26)24-13-16-8-10-21(28-2)22(12-16)29-3/h4-12,14H,13,15H2,1-3H3,(H,24,26). The van der Waals surface area contributed by atoms with Crippen molar-refractivity contribution >= 4 is 22.9 Å². The van der Waals surface area contributed by atoms with Crippen LogP contribution in [-0.2, 0) is 16.2 Å². The summed E-state index contributed by atoms with van der Waals surface area (Å²) in [5, 5.41) is 8.77. The SMILES string of the molecule is COc1ccc(CNC(=O)CON=Cc2c(OC)ccc3ccccc23)cc1OC. The first kappa shape index (κ1) is 21.0. The van der Waals surface area contributed by atoms with E-state index in [1.165, 1.54) is 0 Å². The summed E-state index contributed by atoms with van der Waals surface area (Å²) in [5.74, 6) is 1.63. The van der Waals surface area contributed by atoms with Gasteiger partial charge in [-0.1, -0.05) is 41.6 Å². The van der Waals surface area contributed by atoms with Gasteiger partial charge in [-0.25, -0.2) is 0 Å². The second kappa shape index (κ2) is 10.2. The van der Waals surface area contributed by atoms with Crippen LogP contribution in [0, 0.1) is 0 Å². The van der Waals surface area contributed by atoms with E-state index in [2.05, 4.69) is 10.5 Å². The maximum Gasteiger partial charge on any atom is 0.261 e. The molecule has 1 N–H and O–H groups in total. The Balaban J connectivity index is 1.56. The molecule has 0 saturated carbocycles. The molecule has 0 saturated heterocycles. The number of carbonyl (C=O) groups excluding carboxylic acids is 1. The molecule has 0 aliphatic rings. The Labute approximate surface area is 175 Å². The summed E-state index contributed by atoms with van der Waals surface area (Å²) in [6.07, 6.45) is 1.56. The molecule has 0 radical (unpaired) electrons. The molecular formula is C23H24N2O5. The Morgan fingerprint density at radius 1 is 0.933 bits per heavy atom. The van der Waals surface area contributed by atoms with E-state index < -0.39 is 0 Å². The fourth-order valence-electron chi connectivity index (χ4n) is 3.01. The summed E-state index contributed by atoms with van der Waals surface area (Å²) in [5.41, 5.74) is 1.67. The molecule has 1 amide bonds. The van der Waals surface area contributed by atoms with Crippen LogP contribution >= 0.6 is 0 Å². The first-order valence-corrected chi connectivity index (χ1v) is 9.35. The third kappa shape index (κ3) is 5.00. The smallest absolute Gasteiger partial charge is 0.261 e. The molecular weight excluding hydrogens is 384 g/mol. The van der Waals surface area contributed by atoms with Crippen LogP contribution in [0.5, 0.6) is 17.2 Å². The van der Waals surface area contributed by atoms with E-state index in [0.29, 0.717) is 23.8 Å². The van der Waals surface area contributed by atoms with Crippen molar-refractivity contribution in [3.8, 4) is 17.2 Å². The molecule has 0 heterocycles. The second-order valence-electron chi connectivity index (χ2n) is 6.38. The van der Waals surface area contributed by atoms with E-state index in [-0.39, 0.29) is 12.5 Å². The van der Waals surface area contributed by atoms with Crippen molar-refractivity contribution < 1.29 is 23.8 Å². The van der Waals surface area contributed by atoms with E-state index >= 15 is 0 Å². The monoisotopic (exact) mass is 408 g/mol. The van der Waals surface area contributed by atoms with Gasteiger partial charge in [0.2, 0.25) is 0 Å². The number of amides is 1. The summed E-state index contributed by atoms with van der Waals surface area (Å²) in [6.45, 7) is 0.139. The van der Waals surface area contributed by atoms with E-state index in [1.807, 2.05) is 48.5 Å². The number of fused-ring (bicyclic) bond motifs is 1. The van der Waals surface area contributed by atoms with Gasteiger partial charge in [-0.2, -0.15) is 0 Å². The van der Waals surface area contributed by atoms with Crippen LogP contribution in [0.4, 0.5) is 0 Å². The Bertz CT molecular complexity index is 1050. The Kier molecular flexibility index (Phi) is 7.10. The first-order chi connectivity index (χ1) is 14.7. The summed E-state index contributed by atoms with van der Waals surface area (Å²) < 4.78 is 15.9. The molecule has 0 aliphatic heterocycles. The van der Waals surface area contributed by atoms with Gasteiger partial charge in [0.1, 0.15) is 5.75 Å². The van der Waals surface area contributed by atoms with Crippen molar-refractivity contribution in [1.29, 1.82) is 0 Å². The van der Waals surface area contributed by atoms with Crippen molar-refractivity contribution in [3.05, 3.63) is 65.7 Å². The number of nitrogens with zero attached hydrogens (tertiary/aromatic N) is 1. The molecule has 0 aromatic heterocycles. The van der Waals surface area contributed by atoms with Gasteiger partial charge in [-0.3, -0.25) is 4.79 Å². The summed E-state index contributed by atoms with van der Waals surface area (Å²) in [6, 6.07) is 17.2. The van der Waals surface area contributed by atoms with Gasteiger partial charge < -0.3 is 24.4 Å². The molecule has 0 spiro atoms. The molecule has 7 heteroatoms. The van der Waals surface area contributed by atoms with E-state index in [9.17, 15) is 4.79 Å². The number of benzene rings is 3. The highest BCUT2D eigenvalue weighted by Crippen LogP contribution is 2.28. The van der Waals surface area contributed by atoms with Crippen LogP contribution in [0.2, 0.25) is 0 Å². The highest BCUT2D eigenvalue weighted by Gasteiger charge is 2.08. The van der Waals surface area contributed by atoms with Crippen molar-refractivity contribution in [2.45, 2.75) is 6.54 Å². The molecule has 7 nitrogen and oxygen atoms in total. The predicted octanol–water partition coefficient (Wildman–Crippen LogP) is 3.53. The van der Waals surface area contributed by atoms with E-state index in [4.69, 9.17) is 19.0 Å². The molecule has 156 valence electrons. The maximum absolute atomic E-state index is 12.1. The lowest BCUT2D eigenvalue weighted by atomic mass is 10.0. The fourth-order valence-corrected chi connectivity index (χ4v) is 3.01. The number of rotatable bonds is 9. The number of hydrogen-bond acceptors (Lipinski definition) is 6. The van der Waals surface area contributed by atoms with Gasteiger partial charge in [0, 0.05) is 12.1 Å². The molecule has 0 unspecified atom stereocenters. The number of ether oxygens (including phenoxy) is 3. The Hall–Kier alpha value is -3.74. The van der Waals surface area contributed by atoms with E-state index in [1.54, 1.807) is 33.6 Å². The molecule has 0 bridgehead atoms. The Morgan fingerprint density at radius 3 is 2.43 bits per heavy atom. The maximum atomic E-state index is 12.1. The zero-order chi connectivity index (χ0) is 21.3. The molecule has 0 fully saturated rings. The highest BCUT2D eigenvalue weighted by atomic mass is 16.6. The summed E-state index contributed by atoms with van der Waals surface area (Å²) in [7, 11) is 4.74. The zero-order valence-electron chi connectivity index (χ0n) is 17.2. The molecule has 3 rings (SSSR count). The number of nitrogens with one attached hydrogen (secondary N) is 1. The fraction of sp³-hybridized carbons (Fsp3) is 0.217. The normalized spacial score (nSPS) is 10.8. The molecule has 3 aromatic carbocycles. The lowest BCUT2D eigenvalue weighted by Crippen LogP contribution is -2.26. The largest absolute Gasteiger partial charge is 0.496 e. The van der Waals surface area contributed by atoms with Gasteiger partial charge in [0.15, 0.2) is 18.1 Å². The first-order valence-electron chi connectivity index (χ1n) is 9.35. The third-order valence-corrected chi connectivity index (χ3v) is 4.54. The van der Waals surface area contributed by atoms with Crippen LogP contribution in [-0.4, -0.2) is 40.1 Å². The lowest BCUT2D eigenvalue weighted by molar-refractivity contribution is -0.125. The zero-order valence-corrected chi connectivity index (χ0v) is 17.2. The van der Waals surface area contributed by atoms with Gasteiger partial charge in [-0.05, 0) is 34.5 Å². The van der Waals surface area contributed by atoms with Crippen LogP contribution in [0.15, 0.2) is 59.8 Å². The minimum Gasteiger partial charge on any atom is -0.496 e. The average Bonchev–Trinajstić information content (AvgIpc) is 2.80. The van der Waals surface area contributed by atoms with Crippen molar-refractivity contribution in [1.82, 2.24) is 5.32 Å². The van der Waals surface area contributed by atoms with Crippen molar-refractivity contribution in [2.75, 3.05) is 27.9 Å². The minimum atomic E-state index is -0.285. The summed E-state index contributed by atoms with van der Waals surface area (Å²) >= 11 is 0. The summed E-state index contributed by atoms with van der Waals surface area (Å²) in [4.78, 5) is 17.2. The number of carbonyl (C=O) groups is 1. The molecule has 0 atom stereocenters. The van der Waals surface area contributed by atoms with Crippen LogP contribution < -0.4 is 19.5 Å². The van der Waals surface area contributed by atoms with Crippen LogP contribution in [0.25, 0.3) is 10.8 Å². The van der Waals surface area contributed by atoms with Crippen LogP contribution in [0.1, 0.15) is 11.1 Å². The second-order valence-corrected chi connectivity index (χ2v) is 6.38. The number of methoxy groups -OCH3 is 3. The van der Waals surface area contributed by atoms with Gasteiger partial charge in [0.05, 0.1) is 27.5 Å². The third-order valence-electron chi connectivity index (χ3n) is 4.54. The molecule has 0 aliphatic carbocycles. The topological polar surface area (TPSA) is 78.4 Å². The lowest BCUT2D eigenvalue weighted by Gasteiger charge is -2.10. The van der Waals surface area contributed by atoms with Crippen molar-refractivity contribution in [3.63, 3.8) is 0 Å². The quantitative estimate of drug-likeness (QED) is 0.433. The van der Waals surface area contributed by atoms with Gasteiger partial charge >= 0.3 is 0 Å². The molecule has 3 aromatic rings. The van der Waals surface area contributed by atoms with Gasteiger partial charge in [0.25, 0.3) is 5.91 Å². The number of oxime groups is 1. The van der Waals surface area contributed by atoms with Crippen molar-refractivity contribution in [2.24, 2.45) is 5.16 Å². The van der Waals surface area contributed by atoms with Crippen LogP contribution in [0.3, 0.4) is 0 Å². The molecule has 30 heavy (non-hydrogen) atoms. The number of hydrogen-bond donors (Lipinski definition) is 1. The van der Waals surface area contributed by atoms with Gasteiger partial charge in [-0.15, -0.1) is 0 Å². The minimum absolute atomic E-state index is 0.198. The predicted molar refractivity (Wildman–Crippen MR) is 115 cm³/mol. The van der Waals surface area contributed by atoms with E-state index in [0.717, 1.165) is 21.9 Å². The average molecular weight is 408 g/mol. The Morgan fingerprint density at radius 2 is 1.67 bits per heavy atom. The highest BCUT2D eigenvalue weighted by molar-refractivity contribution is 6.02.